The molecule has 0 N–H and O–H groups in total. The Morgan fingerprint density at radius 3 is 2.21 bits per heavy atom. The molecule has 0 saturated carbocycles. The molecule has 0 unspecified atom stereocenters. The highest BCUT2D eigenvalue weighted by atomic mass is 16.7. The molecule has 0 aromatic heterocycles. The van der Waals surface area contributed by atoms with Gasteiger partial charge < -0.3 is 4.90 Å². The molecular weight excluding hydrogens is 244 g/mol. The Bertz CT molecular complexity index is 420. The summed E-state index contributed by atoms with van der Waals surface area (Å²) in [6, 6.07) is 9.43. The van der Waals surface area contributed by atoms with Gasteiger partial charge in [-0.1, -0.05) is 18.2 Å². The molecular formula is C14H20N2O3. The van der Waals surface area contributed by atoms with Gasteiger partial charge in [0.2, 0.25) is 11.8 Å². The van der Waals surface area contributed by atoms with E-state index in [1.807, 2.05) is 30.3 Å². The minimum absolute atomic E-state index is 0.000861. The Kier molecular flexibility index (Phi) is 6.02. The standard InChI is InChI=1S/C14H20N2O3/c1-15(12-8-5-4-6-9-12)13(17)10-7-11-14(18)16(2)19-3/h4-6,8-9H,7,10-11H2,1-3H3. The average molecular weight is 264 g/mol. The number of nitrogens with zero attached hydrogens (tertiary/aromatic N) is 2. The van der Waals surface area contributed by atoms with Crippen LogP contribution < -0.4 is 4.90 Å². The van der Waals surface area contributed by atoms with Crippen molar-refractivity contribution in [3.05, 3.63) is 30.3 Å². The minimum Gasteiger partial charge on any atom is -0.316 e. The Balaban J connectivity index is 2.38. The van der Waals surface area contributed by atoms with E-state index in [2.05, 4.69) is 0 Å². The molecule has 1 aromatic carbocycles. The van der Waals surface area contributed by atoms with E-state index in [4.69, 9.17) is 4.84 Å². The van der Waals surface area contributed by atoms with Crippen LogP contribution in [0.4, 0.5) is 5.69 Å². The van der Waals surface area contributed by atoms with E-state index in [1.165, 1.54) is 12.2 Å². The molecule has 0 fully saturated rings. The normalized spacial score (nSPS) is 10.1. The molecule has 2 amide bonds. The lowest BCUT2D eigenvalue weighted by atomic mass is 10.2. The SMILES string of the molecule is CON(C)C(=O)CCCC(=O)N(C)c1ccccc1. The van der Waals surface area contributed by atoms with E-state index in [0.29, 0.717) is 19.3 Å². The molecule has 0 atom stereocenters. The summed E-state index contributed by atoms with van der Waals surface area (Å²) in [5.41, 5.74) is 0.854. The van der Waals surface area contributed by atoms with Crippen LogP contribution in [0.1, 0.15) is 19.3 Å². The van der Waals surface area contributed by atoms with E-state index in [9.17, 15) is 9.59 Å². The number of amides is 2. The molecule has 0 spiro atoms. The first-order valence-electron chi connectivity index (χ1n) is 6.18. The van der Waals surface area contributed by atoms with Gasteiger partial charge in [-0.25, -0.2) is 5.06 Å². The third kappa shape index (κ3) is 4.71. The van der Waals surface area contributed by atoms with Gasteiger partial charge in [0.1, 0.15) is 0 Å². The van der Waals surface area contributed by atoms with Crippen LogP contribution in [0.2, 0.25) is 0 Å². The zero-order valence-electron chi connectivity index (χ0n) is 11.6. The fraction of sp³-hybridized carbons (Fsp3) is 0.429. The van der Waals surface area contributed by atoms with Crippen molar-refractivity contribution in [1.29, 1.82) is 0 Å². The van der Waals surface area contributed by atoms with Crippen LogP contribution in [0.15, 0.2) is 30.3 Å². The predicted molar refractivity (Wildman–Crippen MR) is 73.5 cm³/mol. The smallest absolute Gasteiger partial charge is 0.245 e. The van der Waals surface area contributed by atoms with E-state index >= 15 is 0 Å². The second-order valence-electron chi connectivity index (χ2n) is 4.22. The Morgan fingerprint density at radius 2 is 1.63 bits per heavy atom. The fourth-order valence-corrected chi connectivity index (χ4v) is 1.61. The van der Waals surface area contributed by atoms with Crippen LogP contribution >= 0.6 is 0 Å². The Morgan fingerprint density at radius 1 is 1.05 bits per heavy atom. The third-order valence-electron chi connectivity index (χ3n) is 2.92. The van der Waals surface area contributed by atoms with Crippen LogP contribution in [-0.2, 0) is 14.4 Å². The first kappa shape index (κ1) is 15.2. The van der Waals surface area contributed by atoms with Crippen LogP contribution in [-0.4, -0.2) is 38.1 Å². The second kappa shape index (κ2) is 7.53. The third-order valence-corrected chi connectivity index (χ3v) is 2.92. The Labute approximate surface area is 113 Å². The maximum atomic E-state index is 11.9. The van der Waals surface area contributed by atoms with Gasteiger partial charge in [-0.05, 0) is 18.6 Å². The van der Waals surface area contributed by atoms with Gasteiger partial charge in [0.25, 0.3) is 0 Å². The lowest BCUT2D eigenvalue weighted by molar-refractivity contribution is -0.168. The predicted octanol–water partition coefficient (Wildman–Crippen LogP) is 1.84. The topological polar surface area (TPSA) is 49.9 Å². The summed E-state index contributed by atoms with van der Waals surface area (Å²) >= 11 is 0. The molecule has 0 radical (unpaired) electrons. The highest BCUT2D eigenvalue weighted by molar-refractivity contribution is 5.92. The largest absolute Gasteiger partial charge is 0.316 e. The van der Waals surface area contributed by atoms with Crippen molar-refractivity contribution in [2.75, 3.05) is 26.1 Å². The molecule has 1 aromatic rings. The molecule has 1 rings (SSSR count). The van der Waals surface area contributed by atoms with Crippen molar-refractivity contribution >= 4 is 17.5 Å². The van der Waals surface area contributed by atoms with Crippen molar-refractivity contribution < 1.29 is 14.4 Å². The van der Waals surface area contributed by atoms with Gasteiger partial charge in [-0.2, -0.15) is 0 Å². The zero-order chi connectivity index (χ0) is 14.3. The van der Waals surface area contributed by atoms with Crippen LogP contribution in [0.3, 0.4) is 0 Å². The number of carbonyl (C=O) groups is 2. The minimum atomic E-state index is -0.127. The number of carbonyl (C=O) groups excluding carboxylic acids is 2. The van der Waals surface area contributed by atoms with E-state index < -0.39 is 0 Å². The monoisotopic (exact) mass is 264 g/mol. The molecule has 104 valence electrons. The molecule has 0 bridgehead atoms. The van der Waals surface area contributed by atoms with Gasteiger partial charge in [-0.3, -0.25) is 14.4 Å². The number of hydrogen-bond donors (Lipinski definition) is 0. The van der Waals surface area contributed by atoms with Crippen LogP contribution in [0.25, 0.3) is 0 Å². The summed E-state index contributed by atoms with van der Waals surface area (Å²) < 4.78 is 0. The second-order valence-corrected chi connectivity index (χ2v) is 4.22. The molecule has 19 heavy (non-hydrogen) atoms. The summed E-state index contributed by atoms with van der Waals surface area (Å²) in [4.78, 5) is 29.8. The summed E-state index contributed by atoms with van der Waals surface area (Å²) in [5.74, 6) is -0.128. The van der Waals surface area contributed by atoms with Gasteiger partial charge >= 0.3 is 0 Å². The molecule has 0 heterocycles. The molecule has 0 aliphatic heterocycles. The highest BCUT2D eigenvalue weighted by Gasteiger charge is 2.12. The lowest BCUT2D eigenvalue weighted by Gasteiger charge is -2.17. The fourth-order valence-electron chi connectivity index (χ4n) is 1.61. The zero-order valence-corrected chi connectivity index (χ0v) is 11.6. The maximum absolute atomic E-state index is 11.9. The maximum Gasteiger partial charge on any atom is 0.245 e. The van der Waals surface area contributed by atoms with Gasteiger partial charge in [0.15, 0.2) is 0 Å². The van der Waals surface area contributed by atoms with Crippen LogP contribution in [0, 0.1) is 0 Å². The number of hydroxylamine groups is 2. The van der Waals surface area contributed by atoms with Gasteiger partial charge in [0.05, 0.1) is 7.11 Å². The summed E-state index contributed by atoms with van der Waals surface area (Å²) in [7, 11) is 4.73. The number of hydrogen-bond acceptors (Lipinski definition) is 3. The molecule has 0 aliphatic carbocycles. The van der Waals surface area contributed by atoms with Crippen molar-refractivity contribution in [2.24, 2.45) is 0 Å². The average Bonchev–Trinajstić information content (AvgIpc) is 2.46. The lowest BCUT2D eigenvalue weighted by Crippen LogP contribution is -2.27. The summed E-state index contributed by atoms with van der Waals surface area (Å²) in [6.45, 7) is 0. The van der Waals surface area contributed by atoms with Gasteiger partial charge in [0, 0.05) is 32.6 Å². The van der Waals surface area contributed by atoms with Crippen molar-refractivity contribution in [2.45, 2.75) is 19.3 Å². The molecule has 5 heteroatoms. The van der Waals surface area contributed by atoms with Crippen molar-refractivity contribution in [3.63, 3.8) is 0 Å². The van der Waals surface area contributed by atoms with Gasteiger partial charge in [-0.15, -0.1) is 0 Å². The van der Waals surface area contributed by atoms with E-state index in [1.54, 1.807) is 19.0 Å². The van der Waals surface area contributed by atoms with Crippen molar-refractivity contribution in [3.8, 4) is 0 Å². The van der Waals surface area contributed by atoms with Crippen LogP contribution in [0.5, 0.6) is 0 Å². The number of benzene rings is 1. The molecule has 0 aliphatic rings. The summed E-state index contributed by atoms with van der Waals surface area (Å²) in [6.07, 6.45) is 1.16. The van der Waals surface area contributed by atoms with Crippen molar-refractivity contribution in [1.82, 2.24) is 5.06 Å². The quantitative estimate of drug-likeness (QED) is 0.737. The molecule has 5 nitrogen and oxygen atoms in total. The first-order valence-corrected chi connectivity index (χ1v) is 6.18. The number of rotatable bonds is 6. The number of anilines is 1. The summed E-state index contributed by atoms with van der Waals surface area (Å²) in [5, 5.41) is 1.17. The number of para-hydroxylation sites is 1. The Hall–Kier alpha value is -1.88. The van der Waals surface area contributed by atoms with E-state index in [0.717, 1.165) is 5.69 Å². The highest BCUT2D eigenvalue weighted by Crippen LogP contribution is 2.13. The van der Waals surface area contributed by atoms with E-state index in [-0.39, 0.29) is 11.8 Å². The first-order chi connectivity index (χ1) is 9.06. The molecule has 0 saturated heterocycles.